The summed E-state index contributed by atoms with van der Waals surface area (Å²) < 4.78 is 6.95. The van der Waals surface area contributed by atoms with Gasteiger partial charge in [-0.2, -0.15) is 11.8 Å². The summed E-state index contributed by atoms with van der Waals surface area (Å²) in [5, 5.41) is 19.2. The van der Waals surface area contributed by atoms with Crippen LogP contribution in [0.4, 0.5) is 5.82 Å². The van der Waals surface area contributed by atoms with Gasteiger partial charge in [0.05, 0.1) is 13.2 Å². The van der Waals surface area contributed by atoms with Crippen LogP contribution in [-0.2, 0) is 4.74 Å². The molecule has 0 amide bonds. The molecule has 1 N–H and O–H groups in total. The Hall–Kier alpha value is -1.45. The fourth-order valence-electron chi connectivity index (χ4n) is 3.13. The van der Waals surface area contributed by atoms with E-state index in [2.05, 4.69) is 30.8 Å². The molecule has 0 saturated carbocycles. The monoisotopic (exact) mass is 321 g/mol. The van der Waals surface area contributed by atoms with E-state index >= 15 is 0 Å². The predicted molar refractivity (Wildman–Crippen MR) is 84.1 cm³/mol. The number of aromatic nitrogens is 5. The van der Waals surface area contributed by atoms with Crippen molar-refractivity contribution in [3.05, 3.63) is 12.1 Å². The zero-order valence-electron chi connectivity index (χ0n) is 12.3. The van der Waals surface area contributed by atoms with Gasteiger partial charge in [-0.1, -0.05) is 0 Å². The molecule has 118 valence electrons. The molecule has 0 bridgehead atoms. The van der Waals surface area contributed by atoms with Gasteiger partial charge in [-0.15, -0.1) is 14.8 Å². The summed E-state index contributed by atoms with van der Waals surface area (Å²) in [6.45, 7) is 4.59. The third-order valence-corrected chi connectivity index (χ3v) is 5.67. The summed E-state index contributed by atoms with van der Waals surface area (Å²) in [7, 11) is 0. The van der Waals surface area contributed by atoms with E-state index in [1.165, 1.54) is 16.8 Å². The average Bonchev–Trinajstić information content (AvgIpc) is 3.23. The molecule has 2 aromatic heterocycles. The van der Waals surface area contributed by atoms with Crippen LogP contribution in [0.25, 0.3) is 5.65 Å². The van der Waals surface area contributed by atoms with Crippen LogP contribution >= 0.6 is 11.8 Å². The normalized spacial score (nSPS) is 26.5. The van der Waals surface area contributed by atoms with Crippen molar-refractivity contribution in [1.29, 1.82) is 0 Å². The second kappa shape index (κ2) is 5.98. The lowest BCUT2D eigenvalue weighted by Crippen LogP contribution is -2.57. The summed E-state index contributed by atoms with van der Waals surface area (Å²) in [4.78, 5) is 2.58. The van der Waals surface area contributed by atoms with Crippen LogP contribution in [0, 0.1) is 0 Å². The Morgan fingerprint density at radius 2 is 2.23 bits per heavy atom. The number of fused-ring (bicyclic) bond motifs is 1. The largest absolute Gasteiger partial charge is 0.379 e. The van der Waals surface area contributed by atoms with Crippen molar-refractivity contribution < 1.29 is 4.74 Å². The Morgan fingerprint density at radius 1 is 1.32 bits per heavy atom. The highest BCUT2D eigenvalue weighted by atomic mass is 32.2. The molecule has 9 heteroatoms. The first-order valence-electron chi connectivity index (χ1n) is 7.56. The number of anilines is 1. The van der Waals surface area contributed by atoms with Crippen LogP contribution in [-0.4, -0.2) is 80.0 Å². The summed E-state index contributed by atoms with van der Waals surface area (Å²) in [5.74, 6) is 3.19. The Morgan fingerprint density at radius 3 is 3.05 bits per heavy atom. The first-order valence-corrected chi connectivity index (χ1v) is 8.71. The molecular formula is C13H19N7OS. The molecule has 1 atom stereocenters. The smallest absolute Gasteiger partial charge is 0.200 e. The quantitative estimate of drug-likeness (QED) is 0.852. The molecule has 0 unspecified atom stereocenters. The molecule has 2 fully saturated rings. The van der Waals surface area contributed by atoms with Crippen molar-refractivity contribution in [3.63, 3.8) is 0 Å². The number of thioether (sulfide) groups is 1. The van der Waals surface area contributed by atoms with Gasteiger partial charge in [0.2, 0.25) is 0 Å². The van der Waals surface area contributed by atoms with Crippen molar-refractivity contribution in [2.75, 3.05) is 49.7 Å². The Labute approximate surface area is 132 Å². The minimum atomic E-state index is 0.200. The third-order valence-electron chi connectivity index (χ3n) is 4.43. The van der Waals surface area contributed by atoms with Crippen molar-refractivity contribution in [2.24, 2.45) is 0 Å². The molecule has 0 radical (unpaired) electrons. The summed E-state index contributed by atoms with van der Waals surface area (Å²) in [6, 6.07) is 3.81. The van der Waals surface area contributed by atoms with E-state index in [1.807, 2.05) is 23.9 Å². The van der Waals surface area contributed by atoms with Crippen LogP contribution in [0.3, 0.4) is 0 Å². The number of nitrogens with zero attached hydrogens (tertiary/aromatic N) is 6. The lowest BCUT2D eigenvalue weighted by Gasteiger charge is -2.43. The highest BCUT2D eigenvalue weighted by Gasteiger charge is 2.40. The minimum absolute atomic E-state index is 0.200. The van der Waals surface area contributed by atoms with E-state index in [0.29, 0.717) is 5.65 Å². The summed E-state index contributed by atoms with van der Waals surface area (Å²) in [6.07, 6.45) is 1.21. The van der Waals surface area contributed by atoms with Gasteiger partial charge in [0.25, 0.3) is 0 Å². The lowest BCUT2D eigenvalue weighted by atomic mass is 9.95. The third kappa shape index (κ3) is 2.64. The van der Waals surface area contributed by atoms with E-state index in [1.54, 1.807) is 0 Å². The minimum Gasteiger partial charge on any atom is -0.379 e. The Bertz CT molecular complexity index is 636. The Kier molecular flexibility index (Phi) is 3.85. The fourth-order valence-corrected chi connectivity index (χ4v) is 4.61. The molecule has 0 aromatic carbocycles. The molecule has 4 heterocycles. The van der Waals surface area contributed by atoms with E-state index in [0.717, 1.165) is 44.4 Å². The van der Waals surface area contributed by atoms with Crippen LogP contribution in [0.15, 0.2) is 12.1 Å². The number of tetrazole rings is 1. The SMILES string of the molecule is c1cc2nnnn2nc1NC[C@@]1(N2CCOCC2)CCSC1. The molecule has 2 aliphatic heterocycles. The predicted octanol–water partition coefficient (Wildman–Crippen LogP) is 0.139. The number of hydrogen-bond acceptors (Lipinski definition) is 8. The van der Waals surface area contributed by atoms with Gasteiger partial charge in [0.1, 0.15) is 5.82 Å². The highest BCUT2D eigenvalue weighted by molar-refractivity contribution is 7.99. The van der Waals surface area contributed by atoms with Crippen LogP contribution in [0.2, 0.25) is 0 Å². The van der Waals surface area contributed by atoms with Crippen LogP contribution in [0.1, 0.15) is 6.42 Å². The van der Waals surface area contributed by atoms with Crippen molar-refractivity contribution in [3.8, 4) is 0 Å². The standard InChI is InChI=1S/C13H19N7OS/c1-2-12-15-17-18-20(12)16-11(1)14-9-13(3-8-22-10-13)19-4-6-21-7-5-19/h1-2H,3-10H2,(H,14,16)/t13-/m0/s1. The van der Waals surface area contributed by atoms with Gasteiger partial charge in [0.15, 0.2) is 5.65 Å². The van der Waals surface area contributed by atoms with Gasteiger partial charge < -0.3 is 10.1 Å². The lowest BCUT2D eigenvalue weighted by molar-refractivity contribution is -0.00923. The number of ether oxygens (including phenoxy) is 1. The van der Waals surface area contributed by atoms with Crippen molar-refractivity contribution in [2.45, 2.75) is 12.0 Å². The van der Waals surface area contributed by atoms with Crippen molar-refractivity contribution >= 4 is 23.2 Å². The number of nitrogens with one attached hydrogen (secondary N) is 1. The van der Waals surface area contributed by atoms with Gasteiger partial charge in [-0.25, -0.2) is 0 Å². The molecule has 22 heavy (non-hydrogen) atoms. The topological polar surface area (TPSA) is 80.5 Å². The summed E-state index contributed by atoms with van der Waals surface area (Å²) in [5.41, 5.74) is 0.857. The zero-order valence-corrected chi connectivity index (χ0v) is 13.1. The van der Waals surface area contributed by atoms with Crippen LogP contribution < -0.4 is 5.32 Å². The van der Waals surface area contributed by atoms with E-state index in [-0.39, 0.29) is 5.54 Å². The molecule has 0 aliphatic carbocycles. The maximum Gasteiger partial charge on any atom is 0.200 e. The molecule has 2 saturated heterocycles. The summed E-state index contributed by atoms with van der Waals surface area (Å²) >= 11 is 2.03. The van der Waals surface area contributed by atoms with E-state index < -0.39 is 0 Å². The molecule has 8 nitrogen and oxygen atoms in total. The van der Waals surface area contributed by atoms with Crippen molar-refractivity contribution in [1.82, 2.24) is 30.2 Å². The van der Waals surface area contributed by atoms with Gasteiger partial charge in [-0.3, -0.25) is 4.90 Å². The van der Waals surface area contributed by atoms with Gasteiger partial charge >= 0.3 is 0 Å². The first-order chi connectivity index (χ1) is 10.9. The molecular weight excluding hydrogens is 302 g/mol. The number of morpholine rings is 1. The molecule has 2 aromatic rings. The second-order valence-corrected chi connectivity index (χ2v) is 6.83. The average molecular weight is 321 g/mol. The highest BCUT2D eigenvalue weighted by Crippen LogP contribution is 2.34. The van der Waals surface area contributed by atoms with Gasteiger partial charge in [0, 0.05) is 30.9 Å². The maximum atomic E-state index is 5.50. The Balaban J connectivity index is 1.49. The molecule has 4 rings (SSSR count). The second-order valence-electron chi connectivity index (χ2n) is 5.73. The van der Waals surface area contributed by atoms with Gasteiger partial charge in [-0.05, 0) is 34.7 Å². The maximum absolute atomic E-state index is 5.50. The number of hydrogen-bond donors (Lipinski definition) is 1. The first kappa shape index (κ1) is 14.2. The zero-order chi connectivity index (χ0) is 14.8. The molecule has 2 aliphatic rings. The molecule has 0 spiro atoms. The van der Waals surface area contributed by atoms with E-state index in [4.69, 9.17) is 4.74 Å². The number of rotatable bonds is 4. The van der Waals surface area contributed by atoms with E-state index in [9.17, 15) is 0 Å². The fraction of sp³-hybridized carbons (Fsp3) is 0.692. The van der Waals surface area contributed by atoms with Crippen LogP contribution in [0.5, 0.6) is 0 Å².